The van der Waals surface area contributed by atoms with Crippen LogP contribution in [0.2, 0.25) is 0 Å². The Morgan fingerprint density at radius 3 is 2.00 bits per heavy atom. The first-order valence-corrected chi connectivity index (χ1v) is 12.2. The van der Waals surface area contributed by atoms with Gasteiger partial charge in [-0.25, -0.2) is 16.8 Å². The van der Waals surface area contributed by atoms with Gasteiger partial charge in [0, 0.05) is 18.8 Å². The second-order valence-electron chi connectivity index (χ2n) is 7.46. The number of nitrogens with one attached hydrogen (secondary N) is 1. The summed E-state index contributed by atoms with van der Waals surface area (Å²) < 4.78 is 54.7. The Bertz CT molecular complexity index is 1050. The van der Waals surface area contributed by atoms with Crippen LogP contribution < -0.4 is 4.72 Å². The topological polar surface area (TPSA) is 83.5 Å². The van der Waals surface area contributed by atoms with Crippen molar-refractivity contribution in [1.82, 2.24) is 4.31 Å². The van der Waals surface area contributed by atoms with E-state index in [1.807, 2.05) is 13.8 Å². The molecule has 0 atom stereocenters. The number of aryl methyl sites for hydroxylation is 2. The first-order chi connectivity index (χ1) is 13.1. The average Bonchev–Trinajstić information content (AvgIpc) is 2.64. The highest BCUT2D eigenvalue weighted by molar-refractivity contribution is 7.92. The van der Waals surface area contributed by atoms with E-state index in [1.165, 1.54) is 28.6 Å². The fraction of sp³-hybridized carbons (Fsp3) is 0.400. The molecule has 28 heavy (non-hydrogen) atoms. The first kappa shape index (κ1) is 20.8. The van der Waals surface area contributed by atoms with Gasteiger partial charge in [0.1, 0.15) is 0 Å². The van der Waals surface area contributed by atoms with Gasteiger partial charge in [0.05, 0.1) is 9.79 Å². The van der Waals surface area contributed by atoms with E-state index in [4.69, 9.17) is 0 Å². The summed E-state index contributed by atoms with van der Waals surface area (Å²) in [4.78, 5) is 0.353. The summed E-state index contributed by atoms with van der Waals surface area (Å²) >= 11 is 0. The number of hydrogen-bond acceptors (Lipinski definition) is 4. The van der Waals surface area contributed by atoms with Crippen molar-refractivity contribution in [2.24, 2.45) is 5.92 Å². The predicted octanol–water partition coefficient (Wildman–Crippen LogP) is 3.52. The monoisotopic (exact) mass is 422 g/mol. The van der Waals surface area contributed by atoms with E-state index in [0.717, 1.165) is 24.0 Å². The normalized spacial score (nSPS) is 16.8. The zero-order valence-corrected chi connectivity index (χ0v) is 18.0. The number of sulfonamides is 2. The third-order valence-electron chi connectivity index (χ3n) is 5.28. The number of piperidine rings is 1. The Kier molecular flexibility index (Phi) is 5.84. The molecule has 0 aromatic heterocycles. The van der Waals surface area contributed by atoms with Crippen molar-refractivity contribution >= 4 is 25.7 Å². The van der Waals surface area contributed by atoms with E-state index in [1.54, 1.807) is 18.2 Å². The van der Waals surface area contributed by atoms with Crippen LogP contribution >= 0.6 is 0 Å². The molecular formula is C20H26N2O4S2. The number of anilines is 1. The zero-order chi connectivity index (χ0) is 20.5. The minimum Gasteiger partial charge on any atom is -0.280 e. The molecule has 152 valence electrons. The molecule has 0 radical (unpaired) electrons. The highest BCUT2D eigenvalue weighted by Gasteiger charge is 2.28. The van der Waals surface area contributed by atoms with Crippen LogP contribution in [-0.2, 0) is 20.0 Å². The summed E-state index contributed by atoms with van der Waals surface area (Å²) in [6.07, 6.45) is 1.71. The number of nitrogens with zero attached hydrogens (tertiary/aromatic N) is 1. The van der Waals surface area contributed by atoms with Gasteiger partial charge in [-0.3, -0.25) is 4.72 Å². The lowest BCUT2D eigenvalue weighted by Crippen LogP contribution is -2.37. The van der Waals surface area contributed by atoms with E-state index in [-0.39, 0.29) is 9.79 Å². The maximum Gasteiger partial charge on any atom is 0.261 e. The van der Waals surface area contributed by atoms with Gasteiger partial charge in [0.15, 0.2) is 0 Å². The largest absolute Gasteiger partial charge is 0.280 e. The molecule has 1 aliphatic heterocycles. The highest BCUT2D eigenvalue weighted by atomic mass is 32.2. The quantitative estimate of drug-likeness (QED) is 0.799. The van der Waals surface area contributed by atoms with Crippen LogP contribution in [0.5, 0.6) is 0 Å². The second kappa shape index (κ2) is 7.85. The third-order valence-corrected chi connectivity index (χ3v) is 8.57. The van der Waals surface area contributed by atoms with Crippen LogP contribution in [0.3, 0.4) is 0 Å². The van der Waals surface area contributed by atoms with Crippen LogP contribution in [0.25, 0.3) is 0 Å². The molecule has 1 saturated heterocycles. The van der Waals surface area contributed by atoms with Crippen LogP contribution in [0, 0.1) is 19.8 Å². The van der Waals surface area contributed by atoms with Gasteiger partial charge < -0.3 is 0 Å². The van der Waals surface area contributed by atoms with Gasteiger partial charge in [-0.05, 0) is 80.1 Å². The van der Waals surface area contributed by atoms with Crippen LogP contribution in [-0.4, -0.2) is 34.2 Å². The molecule has 6 nitrogen and oxygen atoms in total. The van der Waals surface area contributed by atoms with Crippen molar-refractivity contribution in [2.45, 2.75) is 43.4 Å². The maximum absolute atomic E-state index is 12.8. The van der Waals surface area contributed by atoms with E-state index in [0.29, 0.717) is 24.7 Å². The fourth-order valence-electron chi connectivity index (χ4n) is 3.16. The van der Waals surface area contributed by atoms with Crippen molar-refractivity contribution in [1.29, 1.82) is 0 Å². The van der Waals surface area contributed by atoms with Crippen LogP contribution in [0.4, 0.5) is 5.69 Å². The minimum atomic E-state index is -3.74. The van der Waals surface area contributed by atoms with Crippen LogP contribution in [0.15, 0.2) is 52.3 Å². The van der Waals surface area contributed by atoms with E-state index in [9.17, 15) is 16.8 Å². The van der Waals surface area contributed by atoms with Crippen molar-refractivity contribution in [2.75, 3.05) is 17.8 Å². The molecule has 0 unspecified atom stereocenters. The van der Waals surface area contributed by atoms with Crippen LogP contribution in [0.1, 0.15) is 30.9 Å². The lowest BCUT2D eigenvalue weighted by Gasteiger charge is -2.29. The zero-order valence-electron chi connectivity index (χ0n) is 16.3. The van der Waals surface area contributed by atoms with E-state index >= 15 is 0 Å². The molecule has 1 aliphatic rings. The number of hydrogen-bond donors (Lipinski definition) is 1. The van der Waals surface area contributed by atoms with E-state index < -0.39 is 20.0 Å². The first-order valence-electron chi connectivity index (χ1n) is 9.30. The van der Waals surface area contributed by atoms with Gasteiger partial charge in [-0.1, -0.05) is 13.0 Å². The third kappa shape index (κ3) is 4.39. The Morgan fingerprint density at radius 2 is 1.43 bits per heavy atom. The molecule has 2 aromatic rings. The molecule has 3 rings (SSSR count). The minimum absolute atomic E-state index is 0.176. The van der Waals surface area contributed by atoms with E-state index in [2.05, 4.69) is 11.6 Å². The predicted molar refractivity (Wildman–Crippen MR) is 110 cm³/mol. The molecule has 0 saturated carbocycles. The van der Waals surface area contributed by atoms with Crippen molar-refractivity contribution in [3.63, 3.8) is 0 Å². The molecule has 0 aliphatic carbocycles. The van der Waals surface area contributed by atoms with Gasteiger partial charge in [-0.2, -0.15) is 4.31 Å². The summed E-state index contributed by atoms with van der Waals surface area (Å²) in [6, 6.07) is 10.8. The lowest BCUT2D eigenvalue weighted by molar-refractivity contribution is 0.288. The lowest BCUT2D eigenvalue weighted by atomic mass is 10.0. The van der Waals surface area contributed by atoms with Crippen molar-refractivity contribution in [3.8, 4) is 0 Å². The summed E-state index contributed by atoms with van der Waals surface area (Å²) in [5.41, 5.74) is 2.23. The maximum atomic E-state index is 12.8. The van der Waals surface area contributed by atoms with Crippen molar-refractivity contribution in [3.05, 3.63) is 53.6 Å². The molecule has 8 heteroatoms. The van der Waals surface area contributed by atoms with Gasteiger partial charge in [-0.15, -0.1) is 0 Å². The molecule has 0 bridgehead atoms. The summed E-state index contributed by atoms with van der Waals surface area (Å²) in [6.45, 7) is 6.94. The van der Waals surface area contributed by atoms with Gasteiger partial charge >= 0.3 is 0 Å². The molecule has 0 spiro atoms. The molecular weight excluding hydrogens is 396 g/mol. The molecule has 1 N–H and O–H groups in total. The van der Waals surface area contributed by atoms with Crippen molar-refractivity contribution < 1.29 is 16.8 Å². The van der Waals surface area contributed by atoms with Gasteiger partial charge in [0.2, 0.25) is 10.0 Å². The molecule has 0 amide bonds. The Hall–Kier alpha value is -1.90. The fourth-order valence-corrected chi connectivity index (χ4v) is 5.78. The second-order valence-corrected chi connectivity index (χ2v) is 11.1. The number of rotatable bonds is 5. The van der Waals surface area contributed by atoms with Gasteiger partial charge in [0.25, 0.3) is 10.0 Å². The Labute approximate surface area is 167 Å². The summed E-state index contributed by atoms with van der Waals surface area (Å²) in [7, 11) is -7.29. The smallest absolute Gasteiger partial charge is 0.261 e. The Morgan fingerprint density at radius 1 is 0.857 bits per heavy atom. The number of benzene rings is 2. The summed E-state index contributed by atoms with van der Waals surface area (Å²) in [5, 5.41) is 0. The highest BCUT2D eigenvalue weighted by Crippen LogP contribution is 2.25. The Balaban J connectivity index is 1.78. The summed E-state index contributed by atoms with van der Waals surface area (Å²) in [5.74, 6) is 0.536. The molecule has 2 aromatic carbocycles. The molecule has 1 heterocycles. The average molecular weight is 423 g/mol. The molecule has 1 fully saturated rings. The standard InChI is InChI=1S/C20H26N2O4S2/c1-15-10-12-22(13-11-15)28(25,26)19-8-5-18(6-9-19)21-27(23,24)20-7-4-16(2)17(3)14-20/h4-9,14-15,21H,10-13H2,1-3H3. The SMILES string of the molecule is Cc1ccc(S(=O)(=O)Nc2ccc(S(=O)(=O)N3CCC(C)CC3)cc2)cc1C.